The zero-order chi connectivity index (χ0) is 11.4. The fourth-order valence-electron chi connectivity index (χ4n) is 0.692. The van der Waals surface area contributed by atoms with Gasteiger partial charge in [0, 0.05) is 13.0 Å². The summed E-state index contributed by atoms with van der Waals surface area (Å²) < 4.78 is 46.2. The summed E-state index contributed by atoms with van der Waals surface area (Å²) in [4.78, 5) is 10.1. The van der Waals surface area contributed by atoms with Gasteiger partial charge >= 0.3 is 11.7 Å². The summed E-state index contributed by atoms with van der Waals surface area (Å²) in [6.45, 7) is 1.14. The molecule has 0 amide bonds. The van der Waals surface area contributed by atoms with Crippen molar-refractivity contribution in [2.24, 2.45) is 5.92 Å². The Morgan fingerprint density at radius 1 is 1.50 bits per heavy atom. The van der Waals surface area contributed by atoms with Crippen molar-refractivity contribution in [2.45, 2.75) is 19.1 Å². The molecule has 0 aromatic heterocycles. The second kappa shape index (κ2) is 5.20. The highest BCUT2D eigenvalue weighted by molar-refractivity contribution is 7.89. The molecule has 8 heteroatoms. The maximum absolute atomic E-state index is 11.8. The molecule has 0 bridgehead atoms. The van der Waals surface area contributed by atoms with E-state index in [-0.39, 0.29) is 13.0 Å². The van der Waals surface area contributed by atoms with Crippen LogP contribution in [0.5, 0.6) is 0 Å². The van der Waals surface area contributed by atoms with Gasteiger partial charge < -0.3 is 5.11 Å². The number of carboxylic acid groups (broad SMARTS) is 1. The maximum Gasteiger partial charge on any atom is 0.350 e. The van der Waals surface area contributed by atoms with Gasteiger partial charge in [0.2, 0.25) is 0 Å². The molecular weight excluding hydrogens is 220 g/mol. The van der Waals surface area contributed by atoms with Crippen LogP contribution in [0.2, 0.25) is 0 Å². The van der Waals surface area contributed by atoms with Gasteiger partial charge in [0.1, 0.15) is 0 Å². The number of rotatable bonds is 6. The molecule has 14 heavy (non-hydrogen) atoms. The Labute approximate surface area is 80.2 Å². The molecule has 0 aliphatic rings. The van der Waals surface area contributed by atoms with E-state index < -0.39 is 27.7 Å². The predicted octanol–water partition coefficient (Wildman–Crippen LogP) is 0.239. The highest BCUT2D eigenvalue weighted by atomic mass is 32.2. The first-order chi connectivity index (χ1) is 6.25. The molecule has 0 fully saturated rings. The lowest BCUT2D eigenvalue weighted by molar-refractivity contribution is -0.137. The van der Waals surface area contributed by atoms with Crippen molar-refractivity contribution in [3.05, 3.63) is 0 Å². The summed E-state index contributed by atoms with van der Waals surface area (Å²) in [6, 6.07) is 0. The number of carbonyl (C=O) groups is 1. The Morgan fingerprint density at radius 3 is 2.36 bits per heavy atom. The third kappa shape index (κ3) is 5.07. The third-order valence-electron chi connectivity index (χ3n) is 1.39. The molecule has 1 unspecified atom stereocenters. The van der Waals surface area contributed by atoms with Gasteiger partial charge in [-0.15, -0.1) is 0 Å². The van der Waals surface area contributed by atoms with Gasteiger partial charge in [-0.3, -0.25) is 4.79 Å². The zero-order valence-electron chi connectivity index (χ0n) is 7.41. The second-order valence-corrected chi connectivity index (χ2v) is 4.59. The summed E-state index contributed by atoms with van der Waals surface area (Å²) in [5.41, 5.74) is 0. The summed E-state index contributed by atoms with van der Waals surface area (Å²) in [6.07, 6.45) is -0.272. The van der Waals surface area contributed by atoms with E-state index in [1.54, 1.807) is 4.72 Å². The topological polar surface area (TPSA) is 83.5 Å². The smallest absolute Gasteiger partial charge is 0.350 e. The molecule has 0 aromatic rings. The maximum atomic E-state index is 11.8. The van der Waals surface area contributed by atoms with E-state index in [4.69, 9.17) is 5.11 Å². The van der Waals surface area contributed by atoms with E-state index in [0.717, 1.165) is 0 Å². The lowest BCUT2D eigenvalue weighted by atomic mass is 10.1. The Bertz CT molecular complexity index is 290. The van der Waals surface area contributed by atoms with Gasteiger partial charge in [-0.05, 0) is 5.92 Å². The number of sulfonamides is 1. The number of carboxylic acids is 1. The molecule has 1 atom stereocenters. The van der Waals surface area contributed by atoms with Crippen LogP contribution in [0.25, 0.3) is 0 Å². The van der Waals surface area contributed by atoms with E-state index >= 15 is 0 Å². The Hall–Kier alpha value is -0.760. The largest absolute Gasteiger partial charge is 0.481 e. The highest BCUT2D eigenvalue weighted by Gasteiger charge is 2.24. The zero-order valence-corrected chi connectivity index (χ0v) is 8.22. The summed E-state index contributed by atoms with van der Waals surface area (Å²) >= 11 is 0. The molecule has 0 saturated heterocycles. The van der Waals surface area contributed by atoms with Crippen LogP contribution in [0.1, 0.15) is 13.3 Å². The van der Waals surface area contributed by atoms with Crippen molar-refractivity contribution in [1.82, 2.24) is 4.72 Å². The van der Waals surface area contributed by atoms with Gasteiger partial charge in [0.25, 0.3) is 10.0 Å². The van der Waals surface area contributed by atoms with Crippen molar-refractivity contribution >= 4 is 16.0 Å². The third-order valence-corrected chi connectivity index (χ3v) is 2.43. The fourth-order valence-corrected chi connectivity index (χ4v) is 1.33. The molecule has 5 nitrogen and oxygen atoms in total. The lowest BCUT2D eigenvalue weighted by Crippen LogP contribution is -2.33. The minimum Gasteiger partial charge on any atom is -0.481 e. The van der Waals surface area contributed by atoms with Crippen molar-refractivity contribution in [3.8, 4) is 0 Å². The summed E-state index contributed by atoms with van der Waals surface area (Å²) in [5, 5.41) is 8.30. The van der Waals surface area contributed by atoms with Crippen LogP contribution in [-0.4, -0.2) is 31.8 Å². The van der Waals surface area contributed by atoms with E-state index in [9.17, 15) is 22.0 Å². The SMILES string of the molecule is CC(CNS(=O)(=O)C(F)F)CC(=O)O. The van der Waals surface area contributed by atoms with Gasteiger partial charge in [0.05, 0.1) is 0 Å². The van der Waals surface area contributed by atoms with Crippen LogP contribution in [0.15, 0.2) is 0 Å². The minimum atomic E-state index is -4.61. The highest BCUT2D eigenvalue weighted by Crippen LogP contribution is 2.05. The van der Waals surface area contributed by atoms with Gasteiger partial charge in [-0.2, -0.15) is 8.78 Å². The number of halogens is 2. The monoisotopic (exact) mass is 231 g/mol. The average Bonchev–Trinajstić information content (AvgIpc) is 1.99. The van der Waals surface area contributed by atoms with Crippen LogP contribution in [0, 0.1) is 5.92 Å². The van der Waals surface area contributed by atoms with Crippen molar-refractivity contribution in [2.75, 3.05) is 6.54 Å². The number of hydrogen-bond donors (Lipinski definition) is 2. The molecule has 0 heterocycles. The van der Waals surface area contributed by atoms with Crippen molar-refractivity contribution in [3.63, 3.8) is 0 Å². The predicted molar refractivity (Wildman–Crippen MR) is 44.3 cm³/mol. The minimum absolute atomic E-state index is 0.272. The number of hydrogen-bond acceptors (Lipinski definition) is 3. The van der Waals surface area contributed by atoms with Crippen LogP contribution in [0.3, 0.4) is 0 Å². The van der Waals surface area contributed by atoms with Crippen LogP contribution >= 0.6 is 0 Å². The first-order valence-electron chi connectivity index (χ1n) is 3.74. The second-order valence-electron chi connectivity index (χ2n) is 2.86. The molecule has 0 saturated carbocycles. The molecule has 0 rings (SSSR count). The quantitative estimate of drug-likeness (QED) is 0.685. The van der Waals surface area contributed by atoms with Gasteiger partial charge in [-0.25, -0.2) is 13.1 Å². The summed E-state index contributed by atoms with van der Waals surface area (Å²) in [7, 11) is -4.61. The van der Waals surface area contributed by atoms with Crippen LogP contribution in [0.4, 0.5) is 8.78 Å². The Kier molecular flexibility index (Phi) is 4.92. The van der Waals surface area contributed by atoms with E-state index in [0.29, 0.717) is 0 Å². The van der Waals surface area contributed by atoms with Crippen LogP contribution in [-0.2, 0) is 14.8 Å². The van der Waals surface area contributed by atoms with Gasteiger partial charge in [0.15, 0.2) is 0 Å². The number of nitrogens with one attached hydrogen (secondary N) is 1. The first kappa shape index (κ1) is 13.2. The molecule has 2 N–H and O–H groups in total. The number of aliphatic carboxylic acids is 1. The fraction of sp³-hybridized carbons (Fsp3) is 0.833. The Morgan fingerprint density at radius 2 is 2.00 bits per heavy atom. The summed E-state index contributed by atoms with van der Waals surface area (Å²) in [5.74, 6) is -5.12. The van der Waals surface area contributed by atoms with E-state index in [1.165, 1.54) is 6.92 Å². The standard InChI is InChI=1S/C6H11F2NO4S/c1-4(2-5(10)11)3-9-14(12,13)6(7)8/h4,6,9H,2-3H2,1H3,(H,10,11). The molecule has 84 valence electrons. The number of alkyl halides is 2. The van der Waals surface area contributed by atoms with E-state index in [2.05, 4.69) is 0 Å². The van der Waals surface area contributed by atoms with Crippen molar-refractivity contribution < 1.29 is 27.1 Å². The van der Waals surface area contributed by atoms with Gasteiger partial charge in [-0.1, -0.05) is 6.92 Å². The molecule has 0 aliphatic carbocycles. The van der Waals surface area contributed by atoms with Crippen LogP contribution < -0.4 is 4.72 Å². The molecule has 0 aliphatic heterocycles. The first-order valence-corrected chi connectivity index (χ1v) is 5.28. The Balaban J connectivity index is 4.01. The average molecular weight is 231 g/mol. The lowest BCUT2D eigenvalue weighted by Gasteiger charge is -2.09. The molecule has 0 aromatic carbocycles. The molecular formula is C6H11F2NO4S. The molecule has 0 radical (unpaired) electrons. The normalized spacial score (nSPS) is 14.3. The molecule has 0 spiro atoms. The van der Waals surface area contributed by atoms with Crippen molar-refractivity contribution in [1.29, 1.82) is 0 Å². The van der Waals surface area contributed by atoms with E-state index in [1.807, 2.05) is 0 Å².